The van der Waals surface area contributed by atoms with Gasteiger partial charge in [0.1, 0.15) is 0 Å². The number of nitrogens with two attached hydrogens (primary N) is 1. The minimum atomic E-state index is -3.70. The van der Waals surface area contributed by atoms with Crippen LogP contribution in [-0.2, 0) is 10.0 Å². The van der Waals surface area contributed by atoms with Gasteiger partial charge in [0.2, 0.25) is 0 Å². The molecule has 0 aliphatic heterocycles. The zero-order chi connectivity index (χ0) is 13.8. The Balaban J connectivity index is 3.29. The molecular formula is C12H17N3O2S. The molecule has 0 saturated heterocycles. The van der Waals surface area contributed by atoms with Crippen molar-refractivity contribution in [2.45, 2.75) is 25.5 Å². The van der Waals surface area contributed by atoms with Crippen molar-refractivity contribution in [1.29, 1.82) is 5.26 Å². The highest BCUT2D eigenvalue weighted by Gasteiger charge is 2.29. The molecule has 6 heteroatoms. The molecule has 1 aromatic rings. The first-order valence-electron chi connectivity index (χ1n) is 5.70. The lowest BCUT2D eigenvalue weighted by Gasteiger charge is -2.26. The zero-order valence-electron chi connectivity index (χ0n) is 10.5. The summed E-state index contributed by atoms with van der Waals surface area (Å²) in [7, 11) is -3.70. The van der Waals surface area contributed by atoms with E-state index in [2.05, 4.69) is 0 Å². The van der Waals surface area contributed by atoms with E-state index in [0.717, 1.165) is 0 Å². The van der Waals surface area contributed by atoms with Crippen LogP contribution >= 0.6 is 0 Å². The minimum absolute atomic E-state index is 0.308. The average molecular weight is 267 g/mol. The Morgan fingerprint density at radius 2 is 2.06 bits per heavy atom. The van der Waals surface area contributed by atoms with E-state index in [1.165, 1.54) is 11.2 Å². The summed E-state index contributed by atoms with van der Waals surface area (Å²) >= 11 is 0. The fraction of sp³-hybridized carbons (Fsp3) is 0.417. The molecule has 1 aromatic carbocycles. The topological polar surface area (TPSA) is 87.2 Å². The maximum Gasteiger partial charge on any atom is 0.251 e. The summed E-state index contributed by atoms with van der Waals surface area (Å²) in [6.07, 6.45) is 0.645. The molecule has 0 aromatic heterocycles. The van der Waals surface area contributed by atoms with Crippen LogP contribution < -0.4 is 10.0 Å². The quantitative estimate of drug-likeness (QED) is 0.823. The van der Waals surface area contributed by atoms with Crippen molar-refractivity contribution in [2.75, 3.05) is 16.6 Å². The Kier molecular flexibility index (Phi) is 4.56. The third-order valence-electron chi connectivity index (χ3n) is 2.57. The standard InChI is InChI=1S/C12H17N3O2S/c1-3-8-15(18(16,17)10(2)9-13)12-7-5-4-6-11(12)14/h4-7,10H,3,8,14H2,1-2H3. The lowest BCUT2D eigenvalue weighted by molar-refractivity contribution is 0.586. The van der Waals surface area contributed by atoms with Gasteiger partial charge < -0.3 is 5.73 Å². The third kappa shape index (κ3) is 2.74. The third-order valence-corrected chi connectivity index (χ3v) is 4.56. The van der Waals surface area contributed by atoms with E-state index in [1.807, 2.05) is 6.92 Å². The second-order valence-corrected chi connectivity index (χ2v) is 6.13. The van der Waals surface area contributed by atoms with Gasteiger partial charge in [-0.1, -0.05) is 19.1 Å². The predicted molar refractivity (Wildman–Crippen MR) is 72.5 cm³/mol. The van der Waals surface area contributed by atoms with Crippen molar-refractivity contribution < 1.29 is 8.42 Å². The van der Waals surface area contributed by atoms with Crippen LogP contribution in [0.1, 0.15) is 20.3 Å². The highest BCUT2D eigenvalue weighted by atomic mass is 32.2. The highest BCUT2D eigenvalue weighted by Crippen LogP contribution is 2.27. The van der Waals surface area contributed by atoms with Crippen LogP contribution in [0.2, 0.25) is 0 Å². The smallest absolute Gasteiger partial charge is 0.251 e. The molecule has 18 heavy (non-hydrogen) atoms. The summed E-state index contributed by atoms with van der Waals surface area (Å²) in [6.45, 7) is 3.55. The fourth-order valence-electron chi connectivity index (χ4n) is 1.56. The molecule has 0 heterocycles. The van der Waals surface area contributed by atoms with Gasteiger partial charge in [0.05, 0.1) is 17.4 Å². The molecule has 0 aliphatic carbocycles. The number of hydrogen-bond acceptors (Lipinski definition) is 4. The van der Waals surface area contributed by atoms with Crippen molar-refractivity contribution in [3.8, 4) is 6.07 Å². The number of para-hydroxylation sites is 2. The maximum absolute atomic E-state index is 12.3. The number of nitriles is 1. The number of benzene rings is 1. The first-order chi connectivity index (χ1) is 8.45. The van der Waals surface area contributed by atoms with Crippen molar-refractivity contribution in [1.82, 2.24) is 0 Å². The van der Waals surface area contributed by atoms with Crippen LogP contribution in [0.5, 0.6) is 0 Å². The van der Waals surface area contributed by atoms with Gasteiger partial charge in [0.15, 0.2) is 5.25 Å². The molecule has 98 valence electrons. The molecule has 1 atom stereocenters. The molecule has 5 nitrogen and oxygen atoms in total. The van der Waals surface area contributed by atoms with E-state index in [4.69, 9.17) is 11.0 Å². The van der Waals surface area contributed by atoms with E-state index >= 15 is 0 Å². The number of nitrogens with zero attached hydrogens (tertiary/aromatic N) is 2. The normalized spacial score (nSPS) is 12.7. The van der Waals surface area contributed by atoms with Gasteiger partial charge in [-0.05, 0) is 25.5 Å². The van der Waals surface area contributed by atoms with Gasteiger partial charge in [0, 0.05) is 6.54 Å². The summed E-state index contributed by atoms with van der Waals surface area (Å²) in [5.41, 5.74) is 6.62. The highest BCUT2D eigenvalue weighted by molar-refractivity contribution is 7.93. The van der Waals surface area contributed by atoms with Gasteiger partial charge in [-0.25, -0.2) is 8.42 Å². The van der Waals surface area contributed by atoms with E-state index in [1.54, 1.807) is 30.3 Å². The van der Waals surface area contributed by atoms with E-state index < -0.39 is 15.3 Å². The summed E-state index contributed by atoms with van der Waals surface area (Å²) in [5.74, 6) is 0. The van der Waals surface area contributed by atoms with Crippen LogP contribution in [0.15, 0.2) is 24.3 Å². The Labute approximate surface area is 108 Å². The first-order valence-corrected chi connectivity index (χ1v) is 7.21. The maximum atomic E-state index is 12.3. The first kappa shape index (κ1) is 14.3. The van der Waals surface area contributed by atoms with Crippen molar-refractivity contribution >= 4 is 21.4 Å². The van der Waals surface area contributed by atoms with Crippen molar-refractivity contribution in [2.24, 2.45) is 0 Å². The fourth-order valence-corrected chi connectivity index (χ4v) is 2.95. The summed E-state index contributed by atoms with van der Waals surface area (Å²) in [6, 6.07) is 8.51. The molecular weight excluding hydrogens is 250 g/mol. The van der Waals surface area contributed by atoms with E-state index in [0.29, 0.717) is 24.3 Å². The minimum Gasteiger partial charge on any atom is -0.397 e. The molecule has 2 N–H and O–H groups in total. The second kappa shape index (κ2) is 5.74. The molecule has 0 amide bonds. The molecule has 0 saturated carbocycles. The number of nitrogen functional groups attached to an aromatic ring is 1. The molecule has 0 radical (unpaired) electrons. The monoisotopic (exact) mass is 267 g/mol. The van der Waals surface area contributed by atoms with Gasteiger partial charge >= 0.3 is 0 Å². The number of sulfonamides is 1. The molecule has 1 rings (SSSR count). The summed E-state index contributed by atoms with van der Waals surface area (Å²) < 4.78 is 25.7. The lowest BCUT2D eigenvalue weighted by Crippen LogP contribution is -2.38. The lowest BCUT2D eigenvalue weighted by atomic mass is 10.2. The van der Waals surface area contributed by atoms with Crippen LogP contribution in [0, 0.1) is 11.3 Å². The average Bonchev–Trinajstić information content (AvgIpc) is 2.35. The van der Waals surface area contributed by atoms with Gasteiger partial charge in [-0.2, -0.15) is 5.26 Å². The largest absolute Gasteiger partial charge is 0.397 e. The number of rotatable bonds is 5. The molecule has 0 bridgehead atoms. The number of hydrogen-bond donors (Lipinski definition) is 1. The van der Waals surface area contributed by atoms with E-state index in [-0.39, 0.29) is 0 Å². The molecule has 0 fully saturated rings. The Morgan fingerprint density at radius 3 is 2.56 bits per heavy atom. The summed E-state index contributed by atoms with van der Waals surface area (Å²) in [4.78, 5) is 0. The van der Waals surface area contributed by atoms with Crippen molar-refractivity contribution in [3.63, 3.8) is 0 Å². The Bertz CT molecular complexity index is 549. The predicted octanol–water partition coefficient (Wildman–Crippen LogP) is 1.73. The Hall–Kier alpha value is -1.74. The van der Waals surface area contributed by atoms with Crippen LogP contribution in [0.25, 0.3) is 0 Å². The van der Waals surface area contributed by atoms with Crippen LogP contribution in [0.4, 0.5) is 11.4 Å². The second-order valence-electron chi connectivity index (χ2n) is 3.95. The van der Waals surface area contributed by atoms with Crippen molar-refractivity contribution in [3.05, 3.63) is 24.3 Å². The zero-order valence-corrected chi connectivity index (χ0v) is 11.3. The van der Waals surface area contributed by atoms with E-state index in [9.17, 15) is 8.42 Å². The number of anilines is 2. The van der Waals surface area contributed by atoms with Crippen LogP contribution in [-0.4, -0.2) is 20.2 Å². The van der Waals surface area contributed by atoms with Crippen LogP contribution in [0.3, 0.4) is 0 Å². The van der Waals surface area contributed by atoms with Gasteiger partial charge in [-0.3, -0.25) is 4.31 Å². The summed E-state index contributed by atoms with van der Waals surface area (Å²) in [5, 5.41) is 7.72. The van der Waals surface area contributed by atoms with Gasteiger partial charge in [-0.15, -0.1) is 0 Å². The Morgan fingerprint density at radius 1 is 1.44 bits per heavy atom. The molecule has 1 unspecified atom stereocenters. The molecule has 0 aliphatic rings. The SMILES string of the molecule is CCCN(c1ccccc1N)S(=O)(=O)C(C)C#N. The molecule has 0 spiro atoms. The van der Waals surface area contributed by atoms with Gasteiger partial charge in [0.25, 0.3) is 10.0 Å².